The number of aromatic nitrogens is 2. The van der Waals surface area contributed by atoms with Gasteiger partial charge < -0.3 is 13.8 Å². The number of hydrogen-bond donors (Lipinski definition) is 0. The smallest absolute Gasteiger partial charge is 0.257 e. The van der Waals surface area contributed by atoms with Gasteiger partial charge in [-0.1, -0.05) is 5.16 Å². The van der Waals surface area contributed by atoms with Crippen LogP contribution in [0, 0.1) is 13.8 Å². The lowest BCUT2D eigenvalue weighted by molar-refractivity contribution is 0.0762. The maximum atomic E-state index is 12.7. The van der Waals surface area contributed by atoms with E-state index in [9.17, 15) is 13.2 Å². The summed E-state index contributed by atoms with van der Waals surface area (Å²) in [6.45, 7) is 4.21. The molecule has 0 N–H and O–H groups in total. The van der Waals surface area contributed by atoms with Crippen LogP contribution in [0.1, 0.15) is 40.3 Å². The third kappa shape index (κ3) is 3.59. The highest BCUT2D eigenvalue weighted by atomic mass is 32.2. The van der Waals surface area contributed by atoms with E-state index in [1.807, 2.05) is 0 Å². The normalized spacial score (nSPS) is 19.8. The van der Waals surface area contributed by atoms with Gasteiger partial charge in [-0.3, -0.25) is 4.79 Å². The molecule has 0 aromatic carbocycles. The zero-order valence-electron chi connectivity index (χ0n) is 14.3. The van der Waals surface area contributed by atoms with E-state index < -0.39 is 16.1 Å². The molecule has 10 heteroatoms. The third-order valence-electron chi connectivity index (χ3n) is 4.24. The van der Waals surface area contributed by atoms with Gasteiger partial charge in [0.2, 0.25) is 15.9 Å². The van der Waals surface area contributed by atoms with Crippen LogP contribution in [0.4, 0.5) is 0 Å². The van der Waals surface area contributed by atoms with Crippen molar-refractivity contribution >= 4 is 15.9 Å². The van der Waals surface area contributed by atoms with Crippen molar-refractivity contribution in [1.29, 1.82) is 0 Å². The van der Waals surface area contributed by atoms with Gasteiger partial charge in [0.05, 0.1) is 18.1 Å². The highest BCUT2D eigenvalue weighted by Crippen LogP contribution is 2.28. The first-order valence-corrected chi connectivity index (χ1v) is 9.72. The fourth-order valence-electron chi connectivity index (χ4n) is 2.98. The van der Waals surface area contributed by atoms with E-state index in [0.717, 1.165) is 6.26 Å². The van der Waals surface area contributed by atoms with E-state index in [1.54, 1.807) is 24.8 Å². The van der Waals surface area contributed by atoms with Gasteiger partial charge in [-0.2, -0.15) is 9.29 Å². The molecule has 0 saturated carbocycles. The summed E-state index contributed by atoms with van der Waals surface area (Å²) in [5.74, 6) is 1.05. The molecule has 1 aliphatic heterocycles. The molecule has 1 aliphatic rings. The Kier molecular flexibility index (Phi) is 4.65. The molecule has 2 aromatic heterocycles. The van der Waals surface area contributed by atoms with Gasteiger partial charge >= 0.3 is 0 Å². The summed E-state index contributed by atoms with van der Waals surface area (Å²) < 4.78 is 36.1. The van der Waals surface area contributed by atoms with Crippen molar-refractivity contribution in [3.05, 3.63) is 35.4 Å². The highest BCUT2D eigenvalue weighted by Gasteiger charge is 2.36. The lowest BCUT2D eigenvalue weighted by atomic mass is 10.2. The van der Waals surface area contributed by atoms with Crippen molar-refractivity contribution in [1.82, 2.24) is 19.3 Å². The Labute approximate surface area is 145 Å². The standard InChI is InChI=1S/C15H20N4O5S/c1-10-12(5-9-23-10)15(20)18-6-4-13(14-16-11(2)17-24-14)19(8-7-18)25(3,21)22/h5,9,13H,4,6-8H2,1-3H3. The molecule has 9 nitrogen and oxygen atoms in total. The van der Waals surface area contributed by atoms with Crippen molar-refractivity contribution in [2.75, 3.05) is 25.9 Å². The molecule has 0 aliphatic carbocycles. The maximum absolute atomic E-state index is 12.7. The number of rotatable bonds is 3. The van der Waals surface area contributed by atoms with E-state index in [1.165, 1.54) is 10.6 Å². The Bertz CT molecular complexity index is 872. The van der Waals surface area contributed by atoms with Gasteiger partial charge in [0.1, 0.15) is 11.8 Å². The minimum atomic E-state index is -3.50. The van der Waals surface area contributed by atoms with E-state index in [0.29, 0.717) is 30.1 Å². The lowest BCUT2D eigenvalue weighted by Gasteiger charge is -2.24. The van der Waals surface area contributed by atoms with E-state index in [4.69, 9.17) is 8.94 Å². The molecule has 1 fully saturated rings. The van der Waals surface area contributed by atoms with Gasteiger partial charge in [0.25, 0.3) is 5.91 Å². The SMILES string of the molecule is Cc1noc(C2CCN(C(=O)c3ccoc3C)CCN2S(C)(=O)=O)n1. The van der Waals surface area contributed by atoms with Gasteiger partial charge in [-0.25, -0.2) is 8.42 Å². The summed E-state index contributed by atoms with van der Waals surface area (Å²) in [6, 6.07) is 1.04. The van der Waals surface area contributed by atoms with Crippen LogP contribution < -0.4 is 0 Å². The summed E-state index contributed by atoms with van der Waals surface area (Å²) in [5, 5.41) is 3.74. The Morgan fingerprint density at radius 3 is 2.60 bits per heavy atom. The molecule has 1 unspecified atom stereocenters. The lowest BCUT2D eigenvalue weighted by Crippen LogP contribution is -2.38. The van der Waals surface area contributed by atoms with Crippen LogP contribution in [0.5, 0.6) is 0 Å². The minimum absolute atomic E-state index is 0.160. The number of nitrogens with zero attached hydrogens (tertiary/aromatic N) is 4. The quantitative estimate of drug-likeness (QED) is 0.798. The molecule has 2 aromatic rings. The van der Waals surface area contributed by atoms with Crippen LogP contribution in [0.15, 0.2) is 21.3 Å². The molecule has 3 rings (SSSR count). The summed E-state index contributed by atoms with van der Waals surface area (Å²) in [4.78, 5) is 18.5. The fourth-order valence-corrected chi connectivity index (χ4v) is 4.05. The predicted molar refractivity (Wildman–Crippen MR) is 87.3 cm³/mol. The van der Waals surface area contributed by atoms with Crippen LogP contribution in [-0.2, 0) is 10.0 Å². The fraction of sp³-hybridized carbons (Fsp3) is 0.533. The molecular formula is C15H20N4O5S. The first kappa shape index (κ1) is 17.6. The van der Waals surface area contributed by atoms with Gasteiger partial charge in [-0.05, 0) is 26.3 Å². The number of carbonyl (C=O) groups is 1. The maximum Gasteiger partial charge on any atom is 0.257 e. The molecule has 0 bridgehead atoms. The Hall–Kier alpha value is -2.20. The first-order valence-electron chi connectivity index (χ1n) is 7.88. The van der Waals surface area contributed by atoms with Crippen molar-refractivity contribution in [3.63, 3.8) is 0 Å². The molecule has 3 heterocycles. The zero-order valence-corrected chi connectivity index (χ0v) is 15.1. The largest absolute Gasteiger partial charge is 0.469 e. The molecule has 1 saturated heterocycles. The predicted octanol–water partition coefficient (Wildman–Crippen LogP) is 1.13. The summed E-state index contributed by atoms with van der Waals surface area (Å²) in [5.41, 5.74) is 0.484. The Morgan fingerprint density at radius 2 is 2.04 bits per heavy atom. The average Bonchev–Trinajstić information content (AvgIpc) is 3.07. The average molecular weight is 368 g/mol. The van der Waals surface area contributed by atoms with Gasteiger partial charge in [-0.15, -0.1) is 0 Å². The van der Waals surface area contributed by atoms with Gasteiger partial charge in [0, 0.05) is 19.6 Å². The molecule has 25 heavy (non-hydrogen) atoms. The van der Waals surface area contributed by atoms with Crippen LogP contribution in [0.2, 0.25) is 0 Å². The van der Waals surface area contributed by atoms with E-state index in [2.05, 4.69) is 10.1 Å². The van der Waals surface area contributed by atoms with Gasteiger partial charge in [0.15, 0.2) is 5.82 Å². The summed E-state index contributed by atoms with van der Waals surface area (Å²) >= 11 is 0. The monoisotopic (exact) mass is 368 g/mol. The first-order chi connectivity index (χ1) is 11.8. The van der Waals surface area contributed by atoms with Crippen LogP contribution in [0.3, 0.4) is 0 Å². The molecular weight excluding hydrogens is 348 g/mol. The molecule has 1 atom stereocenters. The van der Waals surface area contributed by atoms with Crippen molar-refractivity contribution in [2.45, 2.75) is 26.3 Å². The number of furan rings is 1. The Morgan fingerprint density at radius 1 is 1.28 bits per heavy atom. The van der Waals surface area contributed by atoms with Crippen LogP contribution in [-0.4, -0.2) is 59.6 Å². The third-order valence-corrected chi connectivity index (χ3v) is 5.53. The second-order valence-corrected chi connectivity index (χ2v) is 7.98. The summed E-state index contributed by atoms with van der Waals surface area (Å²) in [7, 11) is -3.50. The topological polar surface area (TPSA) is 110 Å². The van der Waals surface area contributed by atoms with Crippen molar-refractivity contribution in [2.24, 2.45) is 0 Å². The second-order valence-electron chi connectivity index (χ2n) is 6.04. The number of amides is 1. The number of hydrogen-bond acceptors (Lipinski definition) is 7. The van der Waals surface area contributed by atoms with E-state index in [-0.39, 0.29) is 24.9 Å². The zero-order chi connectivity index (χ0) is 18.2. The molecule has 0 radical (unpaired) electrons. The Balaban J connectivity index is 1.87. The van der Waals surface area contributed by atoms with Crippen LogP contribution >= 0.6 is 0 Å². The van der Waals surface area contributed by atoms with E-state index >= 15 is 0 Å². The number of aryl methyl sites for hydroxylation is 2. The molecule has 0 spiro atoms. The minimum Gasteiger partial charge on any atom is -0.469 e. The number of sulfonamides is 1. The second kappa shape index (κ2) is 6.60. The number of carbonyl (C=O) groups excluding carboxylic acids is 1. The van der Waals surface area contributed by atoms with Crippen molar-refractivity contribution in [3.8, 4) is 0 Å². The highest BCUT2D eigenvalue weighted by molar-refractivity contribution is 7.88. The summed E-state index contributed by atoms with van der Waals surface area (Å²) in [6.07, 6.45) is 2.98. The van der Waals surface area contributed by atoms with Crippen molar-refractivity contribution < 1.29 is 22.2 Å². The van der Waals surface area contributed by atoms with Crippen LogP contribution in [0.25, 0.3) is 0 Å². The molecule has 1 amide bonds. The molecule has 136 valence electrons.